The molecule has 0 bridgehead atoms. The summed E-state index contributed by atoms with van der Waals surface area (Å²) in [6.07, 6.45) is -0.251. The van der Waals surface area contributed by atoms with Crippen molar-refractivity contribution >= 4 is 11.9 Å². The Morgan fingerprint density at radius 3 is 2.71 bits per heavy atom. The molecule has 156 valence electrons. The molecule has 2 fully saturated rings. The van der Waals surface area contributed by atoms with Crippen LogP contribution in [0.4, 0.5) is 13.2 Å². The van der Waals surface area contributed by atoms with Gasteiger partial charge in [-0.1, -0.05) is 6.07 Å². The van der Waals surface area contributed by atoms with Crippen molar-refractivity contribution in [2.75, 3.05) is 33.4 Å². The molecule has 2 atom stereocenters. The predicted molar refractivity (Wildman–Crippen MR) is 91.7 cm³/mol. The van der Waals surface area contributed by atoms with Crippen molar-refractivity contribution in [3.63, 3.8) is 0 Å². The maximum Gasteiger partial charge on any atom is 0.490 e. The van der Waals surface area contributed by atoms with E-state index < -0.39 is 12.1 Å². The molecule has 1 aromatic heterocycles. The van der Waals surface area contributed by atoms with E-state index in [0.717, 1.165) is 32.4 Å². The maximum atomic E-state index is 12.6. The number of halogens is 3. The zero-order valence-electron chi connectivity index (χ0n) is 15.4. The summed E-state index contributed by atoms with van der Waals surface area (Å²) in [7, 11) is 1.72. The second-order valence-electron chi connectivity index (χ2n) is 6.79. The Balaban J connectivity index is 0.000000345. The molecule has 0 radical (unpaired) electrons. The number of alkyl halides is 3. The van der Waals surface area contributed by atoms with Crippen LogP contribution in [-0.2, 0) is 14.3 Å². The monoisotopic (exact) mass is 404 g/mol. The Morgan fingerprint density at radius 1 is 1.43 bits per heavy atom. The lowest BCUT2D eigenvalue weighted by Crippen LogP contribution is -2.58. The van der Waals surface area contributed by atoms with Gasteiger partial charge in [-0.2, -0.15) is 13.2 Å². The number of carbonyl (C=O) groups excluding carboxylic acids is 1. The number of rotatable bonds is 3. The number of hydrogen-bond donors (Lipinski definition) is 1. The van der Waals surface area contributed by atoms with Crippen LogP contribution in [0.2, 0.25) is 0 Å². The van der Waals surface area contributed by atoms with Crippen molar-refractivity contribution in [2.24, 2.45) is 5.41 Å². The van der Waals surface area contributed by atoms with Gasteiger partial charge in [0.2, 0.25) is 0 Å². The summed E-state index contributed by atoms with van der Waals surface area (Å²) in [6, 6.07) is 5.45. The highest BCUT2D eigenvalue weighted by molar-refractivity contribution is 5.92. The average molecular weight is 404 g/mol. The first kappa shape index (κ1) is 22.1. The lowest BCUT2D eigenvalue weighted by atomic mass is 9.73. The summed E-state index contributed by atoms with van der Waals surface area (Å²) in [5.74, 6) is -2.75. The number of aliphatic carboxylic acids is 1. The smallest absolute Gasteiger partial charge is 0.475 e. The van der Waals surface area contributed by atoms with Crippen molar-refractivity contribution < 1.29 is 37.3 Å². The largest absolute Gasteiger partial charge is 0.490 e. The molecule has 2 unspecified atom stereocenters. The topological polar surface area (TPSA) is 89.0 Å². The second-order valence-corrected chi connectivity index (χ2v) is 6.79. The molecular weight excluding hydrogens is 381 g/mol. The van der Waals surface area contributed by atoms with Crippen LogP contribution in [0.3, 0.4) is 0 Å². The zero-order valence-corrected chi connectivity index (χ0v) is 15.4. The molecule has 0 spiro atoms. The number of carboxylic acid groups (broad SMARTS) is 1. The minimum absolute atomic E-state index is 0.00935. The van der Waals surface area contributed by atoms with Crippen molar-refractivity contribution in [1.82, 2.24) is 9.88 Å². The summed E-state index contributed by atoms with van der Waals surface area (Å²) in [6.45, 7) is 2.89. The number of fused-ring (bicyclic) bond motifs is 1. The molecule has 0 aliphatic carbocycles. The van der Waals surface area contributed by atoms with Gasteiger partial charge in [-0.25, -0.2) is 4.79 Å². The molecule has 2 aliphatic heterocycles. The van der Waals surface area contributed by atoms with Crippen LogP contribution in [0.25, 0.3) is 0 Å². The van der Waals surface area contributed by atoms with Crippen molar-refractivity contribution in [3.05, 3.63) is 30.1 Å². The van der Waals surface area contributed by atoms with E-state index in [0.29, 0.717) is 18.8 Å². The van der Waals surface area contributed by atoms with Gasteiger partial charge in [-0.05, 0) is 31.4 Å². The van der Waals surface area contributed by atoms with Gasteiger partial charge in [0.1, 0.15) is 5.69 Å². The van der Waals surface area contributed by atoms with Gasteiger partial charge >= 0.3 is 12.1 Å². The number of hydrogen-bond acceptors (Lipinski definition) is 5. The Morgan fingerprint density at radius 2 is 2.14 bits per heavy atom. The highest BCUT2D eigenvalue weighted by atomic mass is 19.4. The molecule has 28 heavy (non-hydrogen) atoms. The quantitative estimate of drug-likeness (QED) is 0.832. The number of pyridine rings is 1. The number of amides is 1. The lowest BCUT2D eigenvalue weighted by Gasteiger charge is -2.50. The van der Waals surface area contributed by atoms with E-state index in [1.54, 1.807) is 19.4 Å². The van der Waals surface area contributed by atoms with E-state index in [9.17, 15) is 18.0 Å². The molecule has 1 amide bonds. The summed E-state index contributed by atoms with van der Waals surface area (Å²) in [5.41, 5.74) is 0.454. The van der Waals surface area contributed by atoms with Crippen molar-refractivity contribution in [3.8, 4) is 0 Å². The van der Waals surface area contributed by atoms with Gasteiger partial charge in [0.05, 0.1) is 12.7 Å². The third-order valence-electron chi connectivity index (χ3n) is 4.83. The molecule has 3 heterocycles. The van der Waals surface area contributed by atoms with Crippen LogP contribution in [0.5, 0.6) is 0 Å². The molecular formula is C18H23F3N2O5. The predicted octanol–water partition coefficient (Wildman–Crippen LogP) is 2.37. The van der Waals surface area contributed by atoms with E-state index in [1.807, 2.05) is 17.0 Å². The number of carbonyl (C=O) groups is 2. The number of carboxylic acids is 1. The molecule has 1 aromatic rings. The minimum Gasteiger partial charge on any atom is -0.475 e. The first-order chi connectivity index (χ1) is 13.2. The van der Waals surface area contributed by atoms with Crippen LogP contribution >= 0.6 is 0 Å². The third-order valence-corrected chi connectivity index (χ3v) is 4.83. The second kappa shape index (κ2) is 9.33. The van der Waals surface area contributed by atoms with Crippen LogP contribution in [0.15, 0.2) is 24.4 Å². The number of methoxy groups -OCH3 is 1. The molecule has 2 aliphatic rings. The fourth-order valence-corrected chi connectivity index (χ4v) is 3.61. The summed E-state index contributed by atoms with van der Waals surface area (Å²) in [5, 5.41) is 7.12. The molecule has 1 N–H and O–H groups in total. The standard InChI is InChI=1S/C16H22N2O3.C2HF3O2/c1-20-12-16-7-4-10-21-14(16)6-9-18(11-16)15(19)13-5-2-3-8-17-13;3-2(4,5)1(6)7/h2-3,5,8,14H,4,6-7,9-12H2,1H3;(H,6,7). The minimum atomic E-state index is -5.08. The first-order valence-electron chi connectivity index (χ1n) is 8.80. The Kier molecular flexibility index (Phi) is 7.36. The first-order valence-corrected chi connectivity index (χ1v) is 8.80. The Hall–Kier alpha value is -2.20. The van der Waals surface area contributed by atoms with Crippen molar-refractivity contribution in [2.45, 2.75) is 31.5 Å². The summed E-state index contributed by atoms with van der Waals surface area (Å²) in [4.78, 5) is 27.6. The molecule has 10 heteroatoms. The van der Waals surface area contributed by atoms with E-state index in [1.165, 1.54) is 0 Å². The van der Waals surface area contributed by atoms with Gasteiger partial charge in [-0.3, -0.25) is 9.78 Å². The lowest BCUT2D eigenvalue weighted by molar-refractivity contribution is -0.192. The molecule has 0 saturated carbocycles. The summed E-state index contributed by atoms with van der Waals surface area (Å²) >= 11 is 0. The third kappa shape index (κ3) is 5.41. The highest BCUT2D eigenvalue weighted by Crippen LogP contribution is 2.40. The number of likely N-dealkylation sites (tertiary alicyclic amines) is 1. The normalized spacial score (nSPS) is 24.6. The van der Waals surface area contributed by atoms with Crippen LogP contribution in [0, 0.1) is 5.41 Å². The summed E-state index contributed by atoms with van der Waals surface area (Å²) < 4.78 is 43.1. The maximum absolute atomic E-state index is 12.6. The van der Waals surface area contributed by atoms with E-state index in [-0.39, 0.29) is 17.4 Å². The van der Waals surface area contributed by atoms with E-state index in [4.69, 9.17) is 19.4 Å². The Bertz CT molecular complexity index is 667. The van der Waals surface area contributed by atoms with Gasteiger partial charge in [0.25, 0.3) is 5.91 Å². The molecule has 2 saturated heterocycles. The molecule has 3 rings (SSSR count). The SMILES string of the molecule is COCC12CCCOC1CCN(C(=O)c1ccccn1)C2.O=C(O)C(F)(F)F. The van der Waals surface area contributed by atoms with Gasteiger partial charge in [-0.15, -0.1) is 0 Å². The van der Waals surface area contributed by atoms with Crippen LogP contribution in [0.1, 0.15) is 29.8 Å². The number of ether oxygens (including phenoxy) is 2. The highest BCUT2D eigenvalue weighted by Gasteiger charge is 2.47. The van der Waals surface area contributed by atoms with Crippen LogP contribution in [-0.4, -0.2) is 72.6 Å². The molecule has 7 nitrogen and oxygen atoms in total. The number of nitrogens with zero attached hydrogens (tertiary/aromatic N) is 2. The molecule has 0 aromatic carbocycles. The van der Waals surface area contributed by atoms with E-state index in [2.05, 4.69) is 4.98 Å². The fourth-order valence-electron chi connectivity index (χ4n) is 3.61. The average Bonchev–Trinajstić information content (AvgIpc) is 2.67. The Labute approximate surface area is 160 Å². The van der Waals surface area contributed by atoms with Gasteiger partial charge < -0.3 is 19.5 Å². The van der Waals surface area contributed by atoms with Gasteiger partial charge in [0.15, 0.2) is 0 Å². The number of piperidine rings is 1. The number of aromatic nitrogens is 1. The zero-order chi connectivity index (χ0) is 20.8. The van der Waals surface area contributed by atoms with E-state index >= 15 is 0 Å². The van der Waals surface area contributed by atoms with Gasteiger partial charge in [0, 0.05) is 38.4 Å². The van der Waals surface area contributed by atoms with Crippen molar-refractivity contribution in [1.29, 1.82) is 0 Å². The fraction of sp³-hybridized carbons (Fsp3) is 0.611. The van der Waals surface area contributed by atoms with Crippen LogP contribution < -0.4 is 0 Å².